The summed E-state index contributed by atoms with van der Waals surface area (Å²) in [5.74, 6) is 0.157. The molecule has 10 heteroatoms. The molecule has 4 aromatic rings. The minimum absolute atomic E-state index is 0.0356. The fourth-order valence-electron chi connectivity index (χ4n) is 2.26. The van der Waals surface area contributed by atoms with Crippen LogP contribution in [0.4, 0.5) is 5.69 Å². The lowest BCUT2D eigenvalue weighted by Gasteiger charge is -1.98. The number of carbonyl (C=O) groups excluding carboxylic acids is 1. The minimum Gasteiger partial charge on any atom is -0.459 e. The number of carbonyl (C=O) groups is 1. The lowest BCUT2D eigenvalue weighted by atomic mass is 10.2. The number of hydrogen-bond acceptors (Lipinski definition) is 9. The van der Waals surface area contributed by atoms with E-state index in [0.717, 1.165) is 4.70 Å². The summed E-state index contributed by atoms with van der Waals surface area (Å²) in [6, 6.07) is 9.31. The van der Waals surface area contributed by atoms with E-state index in [0.29, 0.717) is 16.0 Å². The quantitative estimate of drug-likeness (QED) is 0.295. The van der Waals surface area contributed by atoms with Crippen molar-refractivity contribution >= 4 is 33.1 Å². The van der Waals surface area contributed by atoms with E-state index in [1.54, 1.807) is 24.3 Å². The van der Waals surface area contributed by atoms with Crippen LogP contribution in [0.15, 0.2) is 51.5 Å². The number of thiophene rings is 1. The third-order valence-corrected chi connectivity index (χ3v) is 4.53. The second-order valence-electron chi connectivity index (χ2n) is 5.14. The molecule has 0 aliphatic rings. The maximum absolute atomic E-state index is 12.2. The first kappa shape index (κ1) is 16.0. The van der Waals surface area contributed by atoms with Crippen molar-refractivity contribution in [2.45, 2.75) is 6.61 Å². The van der Waals surface area contributed by atoms with E-state index in [1.165, 1.54) is 29.7 Å². The zero-order chi connectivity index (χ0) is 18.1. The van der Waals surface area contributed by atoms with Gasteiger partial charge >= 0.3 is 5.97 Å². The van der Waals surface area contributed by atoms with Crippen molar-refractivity contribution in [3.05, 3.63) is 63.5 Å². The second kappa shape index (κ2) is 6.41. The number of nitrogens with zero attached hydrogens (tertiary/aromatic N) is 3. The average Bonchev–Trinajstić information content (AvgIpc) is 3.38. The van der Waals surface area contributed by atoms with Crippen LogP contribution in [-0.2, 0) is 11.3 Å². The fraction of sp³-hybridized carbons (Fsp3) is 0.0625. The molecular formula is C16H9N3O6S. The van der Waals surface area contributed by atoms with E-state index in [9.17, 15) is 14.9 Å². The van der Waals surface area contributed by atoms with E-state index >= 15 is 0 Å². The smallest absolute Gasteiger partial charge is 0.348 e. The number of aromatic nitrogens is 2. The molecule has 3 heterocycles. The van der Waals surface area contributed by atoms with E-state index in [2.05, 4.69) is 10.2 Å². The minimum atomic E-state index is -0.577. The molecule has 0 fully saturated rings. The topological polar surface area (TPSA) is 122 Å². The fourth-order valence-corrected chi connectivity index (χ4v) is 3.19. The van der Waals surface area contributed by atoms with Crippen LogP contribution in [0.2, 0.25) is 0 Å². The highest BCUT2D eigenvalue weighted by Crippen LogP contribution is 2.29. The maximum atomic E-state index is 12.2. The molecule has 0 N–H and O–H groups in total. The van der Waals surface area contributed by atoms with Crippen LogP contribution in [0, 0.1) is 10.1 Å². The largest absolute Gasteiger partial charge is 0.459 e. The molecule has 130 valence electrons. The van der Waals surface area contributed by atoms with Crippen LogP contribution in [0.25, 0.3) is 21.7 Å². The van der Waals surface area contributed by atoms with Crippen LogP contribution < -0.4 is 0 Å². The molecular weight excluding hydrogens is 362 g/mol. The van der Waals surface area contributed by atoms with Gasteiger partial charge in [0.2, 0.25) is 0 Å². The van der Waals surface area contributed by atoms with Gasteiger partial charge < -0.3 is 13.6 Å². The molecule has 0 aliphatic carbocycles. The van der Waals surface area contributed by atoms with Crippen LogP contribution in [-0.4, -0.2) is 21.1 Å². The Labute approximate surface area is 149 Å². The zero-order valence-electron chi connectivity index (χ0n) is 12.9. The Balaban J connectivity index is 1.46. The molecule has 0 spiro atoms. The summed E-state index contributed by atoms with van der Waals surface area (Å²) >= 11 is 1.19. The van der Waals surface area contributed by atoms with Gasteiger partial charge in [-0.1, -0.05) is 0 Å². The van der Waals surface area contributed by atoms with Crippen molar-refractivity contribution in [1.82, 2.24) is 10.2 Å². The van der Waals surface area contributed by atoms with E-state index < -0.39 is 10.9 Å². The molecule has 0 saturated carbocycles. The Morgan fingerprint density at radius 2 is 2.15 bits per heavy atom. The normalized spacial score (nSPS) is 10.9. The van der Waals surface area contributed by atoms with Gasteiger partial charge in [0.15, 0.2) is 12.4 Å². The average molecular weight is 371 g/mol. The third kappa shape index (κ3) is 3.05. The number of nitro groups is 1. The molecule has 26 heavy (non-hydrogen) atoms. The Morgan fingerprint density at radius 1 is 1.27 bits per heavy atom. The predicted octanol–water partition coefficient (Wildman–Crippen LogP) is 3.81. The van der Waals surface area contributed by atoms with Crippen molar-refractivity contribution in [3.63, 3.8) is 0 Å². The highest BCUT2D eigenvalue weighted by Gasteiger charge is 2.17. The van der Waals surface area contributed by atoms with Crippen LogP contribution >= 0.6 is 11.3 Å². The first-order chi connectivity index (χ1) is 12.6. The van der Waals surface area contributed by atoms with Crippen molar-refractivity contribution < 1.29 is 23.3 Å². The Morgan fingerprint density at radius 3 is 2.92 bits per heavy atom. The third-order valence-electron chi connectivity index (χ3n) is 3.44. The van der Waals surface area contributed by atoms with Crippen molar-refractivity contribution in [2.75, 3.05) is 0 Å². The Kier molecular flexibility index (Phi) is 3.93. The first-order valence-electron chi connectivity index (χ1n) is 7.31. The molecule has 0 aliphatic heterocycles. The summed E-state index contributed by atoms with van der Waals surface area (Å²) in [6.07, 6.45) is 1.48. The molecule has 9 nitrogen and oxygen atoms in total. The molecule has 0 atom stereocenters. The maximum Gasteiger partial charge on any atom is 0.348 e. The molecule has 3 aromatic heterocycles. The Bertz CT molecular complexity index is 1100. The van der Waals surface area contributed by atoms with Crippen LogP contribution in [0.5, 0.6) is 0 Å². The SMILES string of the molecule is O=C(OCc1nnc(-c2ccco2)o1)c1cc2cc([N+](=O)[O-])ccc2s1. The van der Waals surface area contributed by atoms with Crippen LogP contribution in [0.1, 0.15) is 15.6 Å². The zero-order valence-corrected chi connectivity index (χ0v) is 13.8. The van der Waals surface area contributed by atoms with Gasteiger partial charge in [0, 0.05) is 22.2 Å². The number of hydrogen-bond donors (Lipinski definition) is 0. The number of non-ortho nitro benzene ring substituents is 1. The summed E-state index contributed by atoms with van der Waals surface area (Å²) in [5, 5.41) is 19.0. The van der Waals surface area contributed by atoms with E-state index in [4.69, 9.17) is 13.6 Å². The van der Waals surface area contributed by atoms with Crippen molar-refractivity contribution in [1.29, 1.82) is 0 Å². The second-order valence-corrected chi connectivity index (χ2v) is 6.23. The molecule has 0 bridgehead atoms. The van der Waals surface area contributed by atoms with Gasteiger partial charge in [-0.05, 0) is 24.3 Å². The summed E-state index contributed by atoms with van der Waals surface area (Å²) in [7, 11) is 0. The first-order valence-corrected chi connectivity index (χ1v) is 8.13. The Hall–Kier alpha value is -3.53. The number of esters is 1. The van der Waals surface area contributed by atoms with Gasteiger partial charge in [-0.15, -0.1) is 21.5 Å². The molecule has 1 aromatic carbocycles. The lowest BCUT2D eigenvalue weighted by molar-refractivity contribution is -0.384. The number of furan rings is 1. The van der Waals surface area contributed by atoms with Gasteiger partial charge in [-0.2, -0.15) is 0 Å². The van der Waals surface area contributed by atoms with Gasteiger partial charge in [-0.25, -0.2) is 4.79 Å². The van der Waals surface area contributed by atoms with Gasteiger partial charge in [0.25, 0.3) is 17.5 Å². The van der Waals surface area contributed by atoms with Crippen LogP contribution in [0.3, 0.4) is 0 Å². The van der Waals surface area contributed by atoms with Gasteiger partial charge in [-0.3, -0.25) is 10.1 Å². The highest BCUT2D eigenvalue weighted by molar-refractivity contribution is 7.20. The molecule has 0 amide bonds. The lowest BCUT2D eigenvalue weighted by Crippen LogP contribution is -2.03. The number of ether oxygens (including phenoxy) is 1. The van der Waals surface area contributed by atoms with E-state index in [1.807, 2.05) is 0 Å². The van der Waals surface area contributed by atoms with Crippen molar-refractivity contribution in [2.24, 2.45) is 0 Å². The van der Waals surface area contributed by atoms with Gasteiger partial charge in [0.1, 0.15) is 4.88 Å². The number of rotatable bonds is 5. The van der Waals surface area contributed by atoms with Crippen molar-refractivity contribution in [3.8, 4) is 11.7 Å². The number of fused-ring (bicyclic) bond motifs is 1. The predicted molar refractivity (Wildman–Crippen MR) is 89.6 cm³/mol. The molecule has 0 unspecified atom stereocenters. The summed E-state index contributed by atoms with van der Waals surface area (Å²) < 4.78 is 16.4. The molecule has 4 rings (SSSR count). The standard InChI is InChI=1S/C16H9N3O6S/c20-16(13-7-9-6-10(19(21)22)3-4-12(9)26-13)24-8-14-17-18-15(25-14)11-2-1-5-23-11/h1-7H,8H2. The number of nitro benzene ring substituents is 1. The molecule has 0 saturated heterocycles. The summed E-state index contributed by atoms with van der Waals surface area (Å²) in [4.78, 5) is 22.8. The number of benzene rings is 1. The summed E-state index contributed by atoms with van der Waals surface area (Å²) in [6.45, 7) is -0.194. The van der Waals surface area contributed by atoms with Gasteiger partial charge in [0.05, 0.1) is 11.2 Å². The monoisotopic (exact) mass is 371 g/mol. The highest BCUT2D eigenvalue weighted by atomic mass is 32.1. The molecule has 0 radical (unpaired) electrons. The summed E-state index contributed by atoms with van der Waals surface area (Å²) in [5.41, 5.74) is -0.0356. The van der Waals surface area contributed by atoms with E-state index in [-0.39, 0.29) is 24.1 Å².